The molecule has 0 saturated heterocycles. The molecule has 0 aromatic carbocycles. The highest BCUT2D eigenvalue weighted by Crippen LogP contribution is 2.30. The highest BCUT2D eigenvalue weighted by molar-refractivity contribution is 5.67. The number of rotatable bonds is 9. The van der Waals surface area contributed by atoms with E-state index >= 15 is 0 Å². The molecule has 0 aromatic rings. The smallest absolute Gasteiger partial charge is 0.305 e. The zero-order chi connectivity index (χ0) is 13.5. The number of nitrogens with two attached hydrogens (primary N) is 1. The number of carboxylic acids is 1. The summed E-state index contributed by atoms with van der Waals surface area (Å²) >= 11 is 0. The van der Waals surface area contributed by atoms with Crippen molar-refractivity contribution in [3.8, 4) is 0 Å². The van der Waals surface area contributed by atoms with Gasteiger partial charge in [0.1, 0.15) is 0 Å². The lowest BCUT2D eigenvalue weighted by Crippen LogP contribution is -2.33. The van der Waals surface area contributed by atoms with Gasteiger partial charge in [0.2, 0.25) is 0 Å². The van der Waals surface area contributed by atoms with E-state index in [4.69, 9.17) is 10.8 Å². The van der Waals surface area contributed by atoms with Crippen molar-refractivity contribution in [1.29, 1.82) is 0 Å². The third-order valence-corrected chi connectivity index (χ3v) is 3.08. The normalized spacial score (nSPS) is 15.6. The third-order valence-electron chi connectivity index (χ3n) is 3.08. The van der Waals surface area contributed by atoms with Crippen molar-refractivity contribution in [1.82, 2.24) is 0 Å². The Morgan fingerprint density at radius 2 is 1.88 bits per heavy atom. The zero-order valence-corrected chi connectivity index (χ0v) is 10.7. The molecular formula is C12H25NO4. The van der Waals surface area contributed by atoms with Crippen molar-refractivity contribution < 1.29 is 20.1 Å². The molecule has 0 amide bonds. The molecule has 102 valence electrons. The number of hydrogen-bond acceptors (Lipinski definition) is 4. The summed E-state index contributed by atoms with van der Waals surface area (Å²) in [4.78, 5) is 10.4. The number of unbranched alkanes of at least 4 members (excludes halogenated alkanes) is 1. The number of carboxylic acid groups (broad SMARTS) is 1. The lowest BCUT2D eigenvalue weighted by Gasteiger charge is -2.31. The summed E-state index contributed by atoms with van der Waals surface area (Å²) in [5.74, 6) is -1.05. The minimum Gasteiger partial charge on any atom is -0.481 e. The van der Waals surface area contributed by atoms with E-state index in [9.17, 15) is 15.0 Å². The summed E-state index contributed by atoms with van der Waals surface area (Å²) in [5.41, 5.74) is 5.08. The van der Waals surface area contributed by atoms with Gasteiger partial charge in [0.05, 0.1) is 18.6 Å². The van der Waals surface area contributed by atoms with Crippen molar-refractivity contribution in [2.24, 2.45) is 11.1 Å². The average Bonchev–Trinajstić information content (AvgIpc) is 2.16. The van der Waals surface area contributed by atoms with E-state index in [0.29, 0.717) is 6.54 Å². The monoisotopic (exact) mass is 247 g/mol. The van der Waals surface area contributed by atoms with Crippen LogP contribution in [0.4, 0.5) is 0 Å². The van der Waals surface area contributed by atoms with Gasteiger partial charge in [0, 0.05) is 6.42 Å². The fourth-order valence-electron chi connectivity index (χ4n) is 1.75. The standard InChI is InChI=1S/C12H25NO4/c1-12(2,5-3-4-6-13)10(15)7-9(14)8-11(16)17/h9-10,14-15H,3-8,13H2,1-2H3,(H,16,17)/t9-,10+/m1/s1. The minimum absolute atomic E-state index is 0.0991. The van der Waals surface area contributed by atoms with Crippen LogP contribution in [0.15, 0.2) is 0 Å². The molecule has 0 aliphatic rings. The Bertz CT molecular complexity index is 231. The molecule has 0 spiro atoms. The highest BCUT2D eigenvalue weighted by Gasteiger charge is 2.29. The van der Waals surface area contributed by atoms with Crippen molar-refractivity contribution in [2.75, 3.05) is 6.54 Å². The van der Waals surface area contributed by atoms with E-state index in [1.54, 1.807) is 0 Å². The average molecular weight is 247 g/mol. The molecule has 0 saturated carbocycles. The number of aliphatic hydroxyl groups is 2. The second kappa shape index (κ2) is 7.63. The number of hydrogen-bond donors (Lipinski definition) is 4. The molecule has 0 aromatic heterocycles. The predicted molar refractivity (Wildman–Crippen MR) is 65.6 cm³/mol. The van der Waals surface area contributed by atoms with Crippen LogP contribution in [0, 0.1) is 5.41 Å². The Balaban J connectivity index is 4.08. The van der Waals surface area contributed by atoms with Gasteiger partial charge in [-0.2, -0.15) is 0 Å². The molecule has 0 aliphatic heterocycles. The van der Waals surface area contributed by atoms with Crippen molar-refractivity contribution in [3.05, 3.63) is 0 Å². The first-order valence-corrected chi connectivity index (χ1v) is 6.07. The molecule has 5 nitrogen and oxygen atoms in total. The Kier molecular flexibility index (Phi) is 7.34. The second-order valence-corrected chi connectivity index (χ2v) is 5.24. The van der Waals surface area contributed by atoms with E-state index in [0.717, 1.165) is 19.3 Å². The van der Waals surface area contributed by atoms with Crippen LogP contribution in [-0.2, 0) is 4.79 Å². The van der Waals surface area contributed by atoms with E-state index in [-0.39, 0.29) is 18.3 Å². The maximum Gasteiger partial charge on any atom is 0.305 e. The Morgan fingerprint density at radius 1 is 1.29 bits per heavy atom. The van der Waals surface area contributed by atoms with Crippen LogP contribution in [-0.4, -0.2) is 40.0 Å². The molecule has 0 radical (unpaired) electrons. The van der Waals surface area contributed by atoms with E-state index in [1.807, 2.05) is 13.8 Å². The van der Waals surface area contributed by atoms with E-state index < -0.39 is 18.2 Å². The summed E-state index contributed by atoms with van der Waals surface area (Å²) in [5, 5.41) is 28.0. The van der Waals surface area contributed by atoms with E-state index in [2.05, 4.69) is 0 Å². The summed E-state index contributed by atoms with van der Waals surface area (Å²) in [6.07, 6.45) is 0.734. The summed E-state index contributed by atoms with van der Waals surface area (Å²) in [6, 6.07) is 0. The molecule has 0 fully saturated rings. The van der Waals surface area contributed by atoms with Crippen LogP contribution in [0.1, 0.15) is 46.0 Å². The highest BCUT2D eigenvalue weighted by atomic mass is 16.4. The fraction of sp³-hybridized carbons (Fsp3) is 0.917. The van der Waals surface area contributed by atoms with Gasteiger partial charge in [-0.25, -0.2) is 0 Å². The zero-order valence-electron chi connectivity index (χ0n) is 10.7. The first-order chi connectivity index (χ1) is 7.79. The van der Waals surface area contributed by atoms with Crippen LogP contribution >= 0.6 is 0 Å². The predicted octanol–water partition coefficient (Wildman–Crippen LogP) is 0.728. The maximum atomic E-state index is 10.4. The quantitative estimate of drug-likeness (QED) is 0.450. The molecule has 5 N–H and O–H groups in total. The van der Waals surface area contributed by atoms with Gasteiger partial charge in [-0.1, -0.05) is 20.3 Å². The Hall–Kier alpha value is -0.650. The molecule has 0 aliphatic carbocycles. The van der Waals surface area contributed by atoms with Crippen molar-refractivity contribution >= 4 is 5.97 Å². The van der Waals surface area contributed by atoms with Crippen molar-refractivity contribution in [3.63, 3.8) is 0 Å². The molecule has 0 rings (SSSR count). The van der Waals surface area contributed by atoms with Gasteiger partial charge in [-0.15, -0.1) is 0 Å². The van der Waals surface area contributed by atoms with Gasteiger partial charge >= 0.3 is 5.97 Å². The molecule has 0 heterocycles. The lowest BCUT2D eigenvalue weighted by molar-refractivity contribution is -0.139. The number of carbonyl (C=O) groups is 1. The molecule has 5 heteroatoms. The molecular weight excluding hydrogens is 222 g/mol. The Morgan fingerprint density at radius 3 is 2.35 bits per heavy atom. The molecule has 0 unspecified atom stereocenters. The summed E-state index contributed by atoms with van der Waals surface area (Å²) in [6.45, 7) is 4.47. The molecule has 2 atom stereocenters. The SMILES string of the molecule is CC(C)(CCCCN)[C@@H](O)C[C@@H](O)CC(=O)O. The lowest BCUT2D eigenvalue weighted by atomic mass is 9.79. The third kappa shape index (κ3) is 7.31. The van der Waals surface area contributed by atoms with Crippen LogP contribution in [0.5, 0.6) is 0 Å². The minimum atomic E-state index is -1.05. The molecule has 0 bridgehead atoms. The molecule has 17 heavy (non-hydrogen) atoms. The number of aliphatic carboxylic acids is 1. The van der Waals surface area contributed by atoms with Crippen LogP contribution < -0.4 is 5.73 Å². The summed E-state index contributed by atoms with van der Waals surface area (Å²) < 4.78 is 0. The van der Waals surface area contributed by atoms with Gasteiger partial charge in [0.15, 0.2) is 0 Å². The largest absolute Gasteiger partial charge is 0.481 e. The van der Waals surface area contributed by atoms with Crippen molar-refractivity contribution in [2.45, 2.75) is 58.2 Å². The van der Waals surface area contributed by atoms with Gasteiger partial charge in [-0.3, -0.25) is 4.79 Å². The number of aliphatic hydroxyl groups excluding tert-OH is 2. The van der Waals surface area contributed by atoms with Gasteiger partial charge in [-0.05, 0) is 24.8 Å². The van der Waals surface area contributed by atoms with Gasteiger partial charge in [0.25, 0.3) is 0 Å². The van der Waals surface area contributed by atoms with Crippen LogP contribution in [0.25, 0.3) is 0 Å². The fourth-order valence-corrected chi connectivity index (χ4v) is 1.75. The topological polar surface area (TPSA) is 104 Å². The van der Waals surface area contributed by atoms with Crippen LogP contribution in [0.2, 0.25) is 0 Å². The first-order valence-electron chi connectivity index (χ1n) is 6.07. The van der Waals surface area contributed by atoms with E-state index in [1.165, 1.54) is 0 Å². The maximum absolute atomic E-state index is 10.4. The first kappa shape index (κ1) is 16.4. The second-order valence-electron chi connectivity index (χ2n) is 5.24. The Labute approximate surface area is 103 Å². The van der Waals surface area contributed by atoms with Gasteiger partial charge < -0.3 is 21.1 Å². The summed E-state index contributed by atoms with van der Waals surface area (Å²) in [7, 11) is 0. The van der Waals surface area contributed by atoms with Crippen LogP contribution in [0.3, 0.4) is 0 Å².